The molecule has 0 bridgehead atoms. The summed E-state index contributed by atoms with van der Waals surface area (Å²) in [5.74, 6) is -0.778. The number of nitrogens with zero attached hydrogens (tertiary/aromatic N) is 3. The van der Waals surface area contributed by atoms with E-state index in [2.05, 4.69) is 4.98 Å². The molecule has 0 spiro atoms. The zero-order valence-corrected chi connectivity index (χ0v) is 17.1. The van der Waals surface area contributed by atoms with E-state index in [1.165, 1.54) is 12.1 Å². The lowest BCUT2D eigenvalue weighted by molar-refractivity contribution is 0.0302. The molecule has 3 heterocycles. The van der Waals surface area contributed by atoms with Crippen LogP contribution in [0.5, 0.6) is 5.75 Å². The summed E-state index contributed by atoms with van der Waals surface area (Å²) in [4.78, 5) is 20.8. The Hall–Kier alpha value is -2.45. The van der Waals surface area contributed by atoms with Crippen LogP contribution >= 0.6 is 11.6 Å². The summed E-state index contributed by atoms with van der Waals surface area (Å²) in [7, 11) is 0. The Kier molecular flexibility index (Phi) is 6.34. The zero-order chi connectivity index (χ0) is 21.1. The normalized spacial score (nSPS) is 17.8. The van der Waals surface area contributed by atoms with Gasteiger partial charge in [0.05, 0.1) is 23.8 Å². The molecule has 2 aromatic rings. The van der Waals surface area contributed by atoms with Gasteiger partial charge in [0.1, 0.15) is 17.7 Å². The first-order valence-corrected chi connectivity index (χ1v) is 10.3. The van der Waals surface area contributed by atoms with Crippen LogP contribution in [0.25, 0.3) is 0 Å². The number of hydrogen-bond donors (Lipinski definition) is 0. The molecule has 0 N–H and O–H groups in total. The molecular formula is C21H22ClF2N3O3. The summed E-state index contributed by atoms with van der Waals surface area (Å²) in [6, 6.07) is 4.95. The monoisotopic (exact) mass is 437 g/mol. The third-order valence-corrected chi connectivity index (χ3v) is 5.57. The lowest BCUT2D eigenvalue weighted by atomic mass is 10.1. The van der Waals surface area contributed by atoms with Gasteiger partial charge in [-0.25, -0.2) is 13.8 Å². The third-order valence-electron chi connectivity index (χ3n) is 5.30. The maximum atomic E-state index is 13.8. The summed E-state index contributed by atoms with van der Waals surface area (Å²) in [6.45, 7) is 3.42. The van der Waals surface area contributed by atoms with E-state index in [9.17, 15) is 13.6 Å². The van der Waals surface area contributed by atoms with E-state index < -0.39 is 11.6 Å². The van der Waals surface area contributed by atoms with E-state index >= 15 is 0 Å². The number of amides is 1. The molecule has 6 nitrogen and oxygen atoms in total. The van der Waals surface area contributed by atoms with Gasteiger partial charge in [0.2, 0.25) is 0 Å². The molecule has 1 amide bonds. The number of piperidine rings is 1. The van der Waals surface area contributed by atoms with Crippen molar-refractivity contribution in [2.24, 2.45) is 0 Å². The summed E-state index contributed by atoms with van der Waals surface area (Å²) in [5, 5.41) is 0.415. The molecule has 1 aromatic carbocycles. The third kappa shape index (κ3) is 4.65. The van der Waals surface area contributed by atoms with Crippen molar-refractivity contribution >= 4 is 23.3 Å². The van der Waals surface area contributed by atoms with Crippen molar-refractivity contribution in [3.05, 3.63) is 52.7 Å². The molecule has 0 radical (unpaired) electrons. The van der Waals surface area contributed by atoms with Crippen LogP contribution in [0.4, 0.5) is 14.6 Å². The molecule has 0 atom stereocenters. The van der Waals surface area contributed by atoms with Gasteiger partial charge in [0.25, 0.3) is 5.91 Å². The van der Waals surface area contributed by atoms with Crippen molar-refractivity contribution in [2.75, 3.05) is 44.3 Å². The first-order chi connectivity index (χ1) is 14.5. The minimum Gasteiger partial charge on any atom is -0.487 e. The summed E-state index contributed by atoms with van der Waals surface area (Å²) in [5.41, 5.74) is 0.454. The van der Waals surface area contributed by atoms with Gasteiger partial charge < -0.3 is 19.3 Å². The molecule has 4 rings (SSSR count). The van der Waals surface area contributed by atoms with Crippen LogP contribution in [0.1, 0.15) is 23.2 Å². The Morgan fingerprint density at radius 3 is 2.53 bits per heavy atom. The summed E-state index contributed by atoms with van der Waals surface area (Å²) < 4.78 is 37.8. The Morgan fingerprint density at radius 2 is 1.87 bits per heavy atom. The fraction of sp³-hybridized carbons (Fsp3) is 0.429. The maximum Gasteiger partial charge on any atom is 0.255 e. The SMILES string of the molecule is O=C(c1cnc(N2CCC(Oc3ccc(F)cc3F)CC2)c(Cl)c1)N1CCOCC1. The average molecular weight is 438 g/mol. The Bertz CT molecular complexity index is 916. The number of hydrogen-bond acceptors (Lipinski definition) is 5. The van der Waals surface area contributed by atoms with Crippen molar-refractivity contribution in [2.45, 2.75) is 18.9 Å². The van der Waals surface area contributed by atoms with Gasteiger partial charge in [-0.2, -0.15) is 0 Å². The van der Waals surface area contributed by atoms with Crippen LogP contribution in [-0.2, 0) is 4.74 Å². The van der Waals surface area contributed by atoms with E-state index in [1.807, 2.05) is 4.90 Å². The van der Waals surface area contributed by atoms with E-state index in [-0.39, 0.29) is 17.8 Å². The van der Waals surface area contributed by atoms with Crippen LogP contribution in [0.2, 0.25) is 5.02 Å². The highest BCUT2D eigenvalue weighted by molar-refractivity contribution is 6.33. The predicted octanol–water partition coefficient (Wildman–Crippen LogP) is 3.53. The Labute approximate surface area is 178 Å². The number of carbonyl (C=O) groups excluding carboxylic acids is 1. The van der Waals surface area contributed by atoms with Gasteiger partial charge in [0, 0.05) is 51.3 Å². The number of pyridine rings is 1. The van der Waals surface area contributed by atoms with Gasteiger partial charge in [-0.3, -0.25) is 4.79 Å². The second-order valence-electron chi connectivity index (χ2n) is 7.31. The minimum absolute atomic E-state index is 0.0528. The molecule has 30 heavy (non-hydrogen) atoms. The number of carbonyl (C=O) groups is 1. The highest BCUT2D eigenvalue weighted by atomic mass is 35.5. The lowest BCUT2D eigenvalue weighted by Gasteiger charge is -2.33. The van der Waals surface area contributed by atoms with Crippen LogP contribution in [0.3, 0.4) is 0 Å². The molecule has 2 fully saturated rings. The Balaban J connectivity index is 1.36. The largest absolute Gasteiger partial charge is 0.487 e. The molecule has 0 saturated carbocycles. The predicted molar refractivity (Wildman–Crippen MR) is 108 cm³/mol. The number of aromatic nitrogens is 1. The number of ether oxygens (including phenoxy) is 2. The zero-order valence-electron chi connectivity index (χ0n) is 16.3. The fourth-order valence-electron chi connectivity index (χ4n) is 3.67. The topological polar surface area (TPSA) is 54.9 Å². The first kappa shape index (κ1) is 20.8. The van der Waals surface area contributed by atoms with E-state index in [0.29, 0.717) is 68.6 Å². The van der Waals surface area contributed by atoms with E-state index in [0.717, 1.165) is 6.07 Å². The smallest absolute Gasteiger partial charge is 0.255 e. The summed E-state index contributed by atoms with van der Waals surface area (Å²) >= 11 is 6.43. The average Bonchev–Trinajstić information content (AvgIpc) is 2.76. The van der Waals surface area contributed by atoms with Crippen molar-refractivity contribution in [3.63, 3.8) is 0 Å². The first-order valence-electron chi connectivity index (χ1n) is 9.90. The van der Waals surface area contributed by atoms with Gasteiger partial charge >= 0.3 is 0 Å². The number of anilines is 1. The maximum absolute atomic E-state index is 13.8. The van der Waals surface area contributed by atoms with Crippen LogP contribution < -0.4 is 9.64 Å². The van der Waals surface area contributed by atoms with Crippen molar-refractivity contribution < 1.29 is 23.0 Å². The van der Waals surface area contributed by atoms with E-state index in [4.69, 9.17) is 21.1 Å². The number of rotatable bonds is 4. The standard InChI is InChI=1S/C21H22ClF2N3O3/c22-17-11-14(21(28)27-7-9-29-10-8-27)13-25-20(17)26-5-3-16(4-6-26)30-19-2-1-15(23)12-18(19)24/h1-2,11-13,16H,3-10H2. The molecule has 0 aliphatic carbocycles. The second kappa shape index (κ2) is 9.14. The molecule has 160 valence electrons. The quantitative estimate of drug-likeness (QED) is 0.732. The lowest BCUT2D eigenvalue weighted by Crippen LogP contribution is -2.41. The summed E-state index contributed by atoms with van der Waals surface area (Å²) in [6.07, 6.45) is 2.66. The second-order valence-corrected chi connectivity index (χ2v) is 7.72. The fourth-order valence-corrected chi connectivity index (χ4v) is 3.95. The van der Waals surface area contributed by atoms with Crippen molar-refractivity contribution in [3.8, 4) is 5.75 Å². The number of benzene rings is 1. The molecule has 2 aliphatic heterocycles. The van der Waals surface area contributed by atoms with Gasteiger partial charge in [0.15, 0.2) is 11.6 Å². The molecule has 1 aromatic heterocycles. The molecule has 2 saturated heterocycles. The van der Waals surface area contributed by atoms with Crippen molar-refractivity contribution in [1.29, 1.82) is 0 Å². The van der Waals surface area contributed by atoms with Crippen LogP contribution in [0, 0.1) is 11.6 Å². The van der Waals surface area contributed by atoms with Crippen LogP contribution in [0.15, 0.2) is 30.5 Å². The minimum atomic E-state index is -0.706. The highest BCUT2D eigenvalue weighted by Crippen LogP contribution is 2.29. The van der Waals surface area contributed by atoms with Gasteiger partial charge in [-0.1, -0.05) is 11.6 Å². The highest BCUT2D eigenvalue weighted by Gasteiger charge is 2.25. The van der Waals surface area contributed by atoms with Gasteiger partial charge in [-0.15, -0.1) is 0 Å². The van der Waals surface area contributed by atoms with Crippen molar-refractivity contribution in [1.82, 2.24) is 9.88 Å². The Morgan fingerprint density at radius 1 is 1.13 bits per heavy atom. The molecular weight excluding hydrogens is 416 g/mol. The van der Waals surface area contributed by atoms with Crippen LogP contribution in [-0.4, -0.2) is 61.3 Å². The number of halogens is 3. The molecule has 0 unspecified atom stereocenters. The van der Waals surface area contributed by atoms with E-state index in [1.54, 1.807) is 17.2 Å². The molecule has 2 aliphatic rings. The van der Waals surface area contributed by atoms with Gasteiger partial charge in [-0.05, 0) is 18.2 Å². The number of morpholine rings is 1. The molecule has 9 heteroatoms.